The molecule has 166 valence electrons. The van der Waals surface area contributed by atoms with Crippen LogP contribution in [0.4, 0.5) is 5.95 Å². The average Bonchev–Trinajstić information content (AvgIpc) is 3.29. The molecule has 0 radical (unpaired) electrons. The molecule has 1 unspecified atom stereocenters. The van der Waals surface area contributed by atoms with Gasteiger partial charge in [-0.3, -0.25) is 4.79 Å². The molecule has 1 saturated heterocycles. The number of hydrogen-bond donors (Lipinski definition) is 0. The molecule has 2 aliphatic rings. The molecule has 1 amide bonds. The predicted molar refractivity (Wildman–Crippen MR) is 123 cm³/mol. The van der Waals surface area contributed by atoms with Gasteiger partial charge < -0.3 is 19.3 Å². The van der Waals surface area contributed by atoms with Crippen molar-refractivity contribution in [2.75, 3.05) is 31.7 Å². The quantitative estimate of drug-likeness (QED) is 0.628. The summed E-state index contributed by atoms with van der Waals surface area (Å²) in [4.78, 5) is 27.3. The average molecular weight is 433 g/mol. The number of aromatic nitrogens is 2. The number of methoxy groups -OCH3 is 1. The van der Waals surface area contributed by atoms with Crippen LogP contribution in [-0.2, 0) is 11.3 Å². The number of para-hydroxylation sites is 2. The molecular weight excluding hydrogens is 404 g/mol. The fraction of sp³-hybridized carbons (Fsp3) is 0.400. The molecule has 0 aliphatic carbocycles. The third-order valence-electron chi connectivity index (χ3n) is 6.35. The number of benzene rings is 2. The zero-order valence-electron chi connectivity index (χ0n) is 18.6. The van der Waals surface area contributed by atoms with Crippen molar-refractivity contribution < 1.29 is 14.3 Å². The number of carbonyl (C=O) groups is 1. The molecule has 0 saturated carbocycles. The molecule has 3 heterocycles. The summed E-state index contributed by atoms with van der Waals surface area (Å²) in [7, 11) is 1.64. The topological polar surface area (TPSA) is 67.8 Å². The molecule has 32 heavy (non-hydrogen) atoms. The molecule has 7 nitrogen and oxygen atoms in total. The number of rotatable bonds is 3. The van der Waals surface area contributed by atoms with E-state index in [1.54, 1.807) is 7.11 Å². The highest BCUT2D eigenvalue weighted by atomic mass is 16.5. The van der Waals surface area contributed by atoms with E-state index < -0.39 is 0 Å². The fourth-order valence-electron chi connectivity index (χ4n) is 4.73. The Balaban J connectivity index is 1.43. The van der Waals surface area contributed by atoms with E-state index in [0.29, 0.717) is 31.4 Å². The third-order valence-corrected chi connectivity index (χ3v) is 6.35. The van der Waals surface area contributed by atoms with Gasteiger partial charge in [0.05, 0.1) is 24.9 Å². The van der Waals surface area contributed by atoms with Crippen molar-refractivity contribution >= 4 is 22.8 Å². The van der Waals surface area contributed by atoms with E-state index in [-0.39, 0.29) is 11.9 Å². The summed E-state index contributed by atoms with van der Waals surface area (Å²) in [5, 5.41) is 1.05. The maximum absolute atomic E-state index is 13.7. The molecule has 0 bridgehead atoms. The second-order valence-corrected chi connectivity index (χ2v) is 8.39. The van der Waals surface area contributed by atoms with Crippen molar-refractivity contribution in [3.8, 4) is 11.5 Å². The van der Waals surface area contributed by atoms with Crippen molar-refractivity contribution in [3.05, 3.63) is 53.7 Å². The molecule has 1 aromatic heterocycles. The van der Waals surface area contributed by atoms with Gasteiger partial charge in [0, 0.05) is 30.6 Å². The Morgan fingerprint density at radius 1 is 1.09 bits per heavy atom. The molecule has 0 spiro atoms. The summed E-state index contributed by atoms with van der Waals surface area (Å²) in [6, 6.07) is 13.6. The number of anilines is 1. The second-order valence-electron chi connectivity index (χ2n) is 8.39. The van der Waals surface area contributed by atoms with Gasteiger partial charge in [0.1, 0.15) is 6.04 Å². The SMILES string of the molecule is COc1cccc2c1OCCCN(C(=O)C1CCCN1c1nc(C)c3ccccc3n1)C2. The highest BCUT2D eigenvalue weighted by molar-refractivity contribution is 5.87. The zero-order valence-corrected chi connectivity index (χ0v) is 18.6. The highest BCUT2D eigenvalue weighted by Gasteiger charge is 2.36. The largest absolute Gasteiger partial charge is 0.493 e. The Kier molecular flexibility index (Phi) is 5.55. The van der Waals surface area contributed by atoms with Crippen molar-refractivity contribution in [1.82, 2.24) is 14.9 Å². The van der Waals surface area contributed by atoms with Gasteiger partial charge in [0.2, 0.25) is 11.9 Å². The lowest BCUT2D eigenvalue weighted by Gasteiger charge is -2.32. The van der Waals surface area contributed by atoms with Crippen molar-refractivity contribution in [3.63, 3.8) is 0 Å². The van der Waals surface area contributed by atoms with E-state index in [2.05, 4.69) is 4.90 Å². The van der Waals surface area contributed by atoms with E-state index >= 15 is 0 Å². The first-order chi connectivity index (χ1) is 15.7. The molecule has 7 heteroatoms. The molecule has 1 fully saturated rings. The van der Waals surface area contributed by atoms with Crippen LogP contribution in [-0.4, -0.2) is 53.6 Å². The molecule has 0 N–H and O–H groups in total. The highest BCUT2D eigenvalue weighted by Crippen LogP contribution is 2.34. The lowest BCUT2D eigenvalue weighted by Crippen LogP contribution is -2.47. The van der Waals surface area contributed by atoms with E-state index in [1.807, 2.05) is 54.3 Å². The van der Waals surface area contributed by atoms with Gasteiger partial charge in [-0.05, 0) is 38.3 Å². The summed E-state index contributed by atoms with van der Waals surface area (Å²) < 4.78 is 11.4. The van der Waals surface area contributed by atoms with Crippen LogP contribution in [0.25, 0.3) is 10.9 Å². The summed E-state index contributed by atoms with van der Waals surface area (Å²) in [5.41, 5.74) is 2.82. The smallest absolute Gasteiger partial charge is 0.245 e. The number of fused-ring (bicyclic) bond motifs is 2. The van der Waals surface area contributed by atoms with Crippen molar-refractivity contribution in [2.45, 2.75) is 38.8 Å². The number of ether oxygens (including phenoxy) is 2. The molecule has 5 rings (SSSR count). The van der Waals surface area contributed by atoms with Crippen LogP contribution in [0.2, 0.25) is 0 Å². The molecular formula is C25H28N4O3. The Morgan fingerprint density at radius 2 is 1.97 bits per heavy atom. The van der Waals surface area contributed by atoms with Crippen LogP contribution in [0.1, 0.15) is 30.5 Å². The van der Waals surface area contributed by atoms with Gasteiger partial charge in [-0.2, -0.15) is 0 Å². The summed E-state index contributed by atoms with van der Waals surface area (Å²) in [6.45, 7) is 4.52. The summed E-state index contributed by atoms with van der Waals surface area (Å²) in [5.74, 6) is 2.23. The molecule has 2 aromatic carbocycles. The number of aryl methyl sites for hydroxylation is 1. The van der Waals surface area contributed by atoms with Crippen LogP contribution < -0.4 is 14.4 Å². The van der Waals surface area contributed by atoms with Gasteiger partial charge in [-0.15, -0.1) is 0 Å². The standard InChI is InChI=1S/C25H28N4O3/c1-17-19-9-3-4-10-20(19)27-25(26-17)29-14-6-11-21(29)24(30)28-13-7-15-32-23-18(16-28)8-5-12-22(23)31-2/h3-5,8-10,12,21H,6-7,11,13-16H2,1-2H3. The summed E-state index contributed by atoms with van der Waals surface area (Å²) in [6.07, 6.45) is 2.54. The molecule has 3 aromatic rings. The van der Waals surface area contributed by atoms with Crippen molar-refractivity contribution in [2.24, 2.45) is 0 Å². The minimum absolute atomic E-state index is 0.132. The molecule has 2 aliphatic heterocycles. The number of amides is 1. The summed E-state index contributed by atoms with van der Waals surface area (Å²) >= 11 is 0. The van der Waals surface area contributed by atoms with Gasteiger partial charge >= 0.3 is 0 Å². The van der Waals surface area contributed by atoms with E-state index in [0.717, 1.165) is 53.7 Å². The van der Waals surface area contributed by atoms with Gasteiger partial charge in [0.25, 0.3) is 0 Å². The number of carbonyl (C=O) groups excluding carboxylic acids is 1. The monoisotopic (exact) mass is 432 g/mol. The normalized spacial score (nSPS) is 18.6. The zero-order chi connectivity index (χ0) is 22.1. The van der Waals surface area contributed by atoms with Crippen LogP contribution in [0.15, 0.2) is 42.5 Å². The van der Waals surface area contributed by atoms with Crippen LogP contribution in [0.3, 0.4) is 0 Å². The van der Waals surface area contributed by atoms with Crippen LogP contribution in [0, 0.1) is 6.92 Å². The fourth-order valence-corrected chi connectivity index (χ4v) is 4.73. The second kappa shape index (κ2) is 8.65. The van der Waals surface area contributed by atoms with Gasteiger partial charge in [0.15, 0.2) is 11.5 Å². The van der Waals surface area contributed by atoms with Crippen LogP contribution in [0.5, 0.6) is 11.5 Å². The van der Waals surface area contributed by atoms with E-state index in [4.69, 9.17) is 19.4 Å². The van der Waals surface area contributed by atoms with Gasteiger partial charge in [-0.25, -0.2) is 9.97 Å². The first-order valence-corrected chi connectivity index (χ1v) is 11.2. The van der Waals surface area contributed by atoms with Crippen molar-refractivity contribution in [1.29, 1.82) is 0 Å². The first kappa shape index (κ1) is 20.5. The Hall–Kier alpha value is -3.35. The number of hydrogen-bond acceptors (Lipinski definition) is 6. The minimum Gasteiger partial charge on any atom is -0.493 e. The predicted octanol–water partition coefficient (Wildman–Crippen LogP) is 3.73. The third kappa shape index (κ3) is 3.72. The Labute approximate surface area is 188 Å². The van der Waals surface area contributed by atoms with Crippen LogP contribution >= 0.6 is 0 Å². The Bertz CT molecular complexity index is 1150. The molecule has 1 atom stereocenters. The maximum atomic E-state index is 13.7. The lowest BCUT2D eigenvalue weighted by molar-refractivity contribution is -0.133. The van der Waals surface area contributed by atoms with E-state index in [1.165, 1.54) is 0 Å². The van der Waals surface area contributed by atoms with E-state index in [9.17, 15) is 4.79 Å². The Morgan fingerprint density at radius 3 is 2.84 bits per heavy atom. The maximum Gasteiger partial charge on any atom is 0.245 e. The van der Waals surface area contributed by atoms with Gasteiger partial charge in [-0.1, -0.05) is 30.3 Å². The number of nitrogens with zero attached hydrogens (tertiary/aromatic N) is 4. The minimum atomic E-state index is -0.245. The lowest BCUT2D eigenvalue weighted by atomic mass is 10.1. The first-order valence-electron chi connectivity index (χ1n) is 11.2.